The molecule has 0 aliphatic rings. The van der Waals surface area contributed by atoms with E-state index in [4.69, 9.17) is 4.74 Å². The molecule has 0 unspecified atom stereocenters. The van der Waals surface area contributed by atoms with E-state index in [1.54, 1.807) is 19.2 Å². The molecule has 0 radical (unpaired) electrons. The van der Waals surface area contributed by atoms with Crippen LogP contribution in [-0.4, -0.2) is 44.5 Å². The van der Waals surface area contributed by atoms with E-state index in [2.05, 4.69) is 0 Å². The van der Waals surface area contributed by atoms with Crippen LogP contribution in [0.15, 0.2) is 24.3 Å². The molecule has 0 atom stereocenters. The van der Waals surface area contributed by atoms with Gasteiger partial charge in [-0.25, -0.2) is 4.39 Å². The highest BCUT2D eigenvalue weighted by molar-refractivity contribution is 5.97. The van der Waals surface area contributed by atoms with Crippen molar-refractivity contribution in [3.63, 3.8) is 0 Å². The van der Waals surface area contributed by atoms with Crippen molar-refractivity contribution in [1.82, 2.24) is 4.90 Å². The average Bonchev–Trinajstić information content (AvgIpc) is 2.29. The van der Waals surface area contributed by atoms with Gasteiger partial charge in [-0.15, -0.1) is 0 Å². The Morgan fingerprint density at radius 2 is 2.12 bits per heavy atom. The summed E-state index contributed by atoms with van der Waals surface area (Å²) < 4.78 is 18.3. The fourth-order valence-electron chi connectivity index (χ4n) is 1.58. The minimum atomic E-state index is -0.456. The van der Waals surface area contributed by atoms with Crippen molar-refractivity contribution in [2.24, 2.45) is 0 Å². The van der Waals surface area contributed by atoms with Gasteiger partial charge in [0.25, 0.3) is 0 Å². The third kappa shape index (κ3) is 4.63. The van der Waals surface area contributed by atoms with Gasteiger partial charge in [0.1, 0.15) is 5.82 Å². The number of benzene rings is 1. The molecule has 0 aliphatic heterocycles. The van der Waals surface area contributed by atoms with Gasteiger partial charge in [0.05, 0.1) is 12.1 Å². The first kappa shape index (κ1) is 13.8. The van der Waals surface area contributed by atoms with E-state index in [0.29, 0.717) is 6.61 Å². The van der Waals surface area contributed by atoms with E-state index in [0.717, 1.165) is 13.0 Å². The van der Waals surface area contributed by atoms with Crippen LogP contribution >= 0.6 is 0 Å². The number of halogens is 1. The van der Waals surface area contributed by atoms with Crippen molar-refractivity contribution in [3.05, 3.63) is 35.6 Å². The molecule has 0 fully saturated rings. The monoisotopic (exact) mass is 239 g/mol. The Morgan fingerprint density at radius 3 is 2.76 bits per heavy atom. The predicted octanol–water partition coefficient (Wildman–Crippen LogP) is 1.98. The van der Waals surface area contributed by atoms with E-state index in [1.165, 1.54) is 12.1 Å². The first-order valence-electron chi connectivity index (χ1n) is 5.60. The molecule has 1 aromatic rings. The summed E-state index contributed by atoms with van der Waals surface area (Å²) in [5.74, 6) is -0.647. The van der Waals surface area contributed by atoms with Crippen LogP contribution in [0.2, 0.25) is 0 Å². The van der Waals surface area contributed by atoms with Gasteiger partial charge in [-0.2, -0.15) is 0 Å². The Kier molecular flexibility index (Phi) is 5.80. The third-order valence-corrected chi connectivity index (χ3v) is 2.48. The maximum Gasteiger partial charge on any atom is 0.179 e. The first-order chi connectivity index (χ1) is 8.15. The normalized spacial score (nSPS) is 10.8. The van der Waals surface area contributed by atoms with Crippen molar-refractivity contribution in [2.45, 2.75) is 6.42 Å². The molecule has 1 rings (SSSR count). The fourth-order valence-corrected chi connectivity index (χ4v) is 1.58. The second-order valence-electron chi connectivity index (χ2n) is 3.99. The topological polar surface area (TPSA) is 29.5 Å². The summed E-state index contributed by atoms with van der Waals surface area (Å²) in [6.07, 6.45) is 0.859. The van der Waals surface area contributed by atoms with Crippen molar-refractivity contribution >= 4 is 5.78 Å². The van der Waals surface area contributed by atoms with Crippen LogP contribution in [-0.2, 0) is 4.74 Å². The Labute approximate surface area is 101 Å². The molecule has 1 aromatic carbocycles. The molecule has 17 heavy (non-hydrogen) atoms. The highest BCUT2D eigenvalue weighted by Crippen LogP contribution is 2.07. The Morgan fingerprint density at radius 1 is 1.41 bits per heavy atom. The fraction of sp³-hybridized carbons (Fsp3) is 0.462. The number of nitrogens with zero attached hydrogens (tertiary/aromatic N) is 1. The predicted molar refractivity (Wildman–Crippen MR) is 64.7 cm³/mol. The lowest BCUT2D eigenvalue weighted by Crippen LogP contribution is -2.28. The number of carbonyl (C=O) groups excluding carboxylic acids is 1. The Balaban J connectivity index is 2.46. The number of ether oxygens (including phenoxy) is 1. The number of methoxy groups -OCH3 is 1. The van der Waals surface area contributed by atoms with Gasteiger partial charge in [-0.1, -0.05) is 12.1 Å². The van der Waals surface area contributed by atoms with Crippen molar-refractivity contribution in [2.75, 3.05) is 33.9 Å². The first-order valence-corrected chi connectivity index (χ1v) is 5.60. The summed E-state index contributed by atoms with van der Waals surface area (Å²) in [4.78, 5) is 13.7. The van der Waals surface area contributed by atoms with E-state index in [9.17, 15) is 9.18 Å². The maximum absolute atomic E-state index is 13.3. The molecular weight excluding hydrogens is 221 g/mol. The van der Waals surface area contributed by atoms with Crippen LogP contribution in [0.4, 0.5) is 4.39 Å². The van der Waals surface area contributed by atoms with Crippen LogP contribution in [0.5, 0.6) is 0 Å². The summed E-state index contributed by atoms with van der Waals surface area (Å²) in [5, 5.41) is 0. The molecule has 3 nitrogen and oxygen atoms in total. The average molecular weight is 239 g/mol. The molecule has 0 aromatic heterocycles. The van der Waals surface area contributed by atoms with Gasteiger partial charge in [0.15, 0.2) is 5.78 Å². The minimum Gasteiger partial charge on any atom is -0.385 e. The summed E-state index contributed by atoms with van der Waals surface area (Å²) in [6, 6.07) is 6.06. The van der Waals surface area contributed by atoms with E-state index in [-0.39, 0.29) is 17.9 Å². The molecule has 0 heterocycles. The second-order valence-corrected chi connectivity index (χ2v) is 3.99. The highest BCUT2D eigenvalue weighted by Gasteiger charge is 2.12. The number of likely N-dealkylation sites (N-methyl/N-ethyl adjacent to an activating group) is 1. The minimum absolute atomic E-state index is 0.158. The molecule has 0 N–H and O–H groups in total. The number of ketones is 1. The number of hydrogen-bond acceptors (Lipinski definition) is 3. The van der Waals surface area contributed by atoms with Gasteiger partial charge < -0.3 is 4.74 Å². The molecular formula is C13H18FNO2. The number of Topliss-reactive ketones (excluding diaryl/α,β-unsaturated/α-hetero) is 1. The molecule has 0 saturated heterocycles. The lowest BCUT2D eigenvalue weighted by atomic mass is 10.1. The molecule has 0 spiro atoms. The van der Waals surface area contributed by atoms with Gasteiger partial charge in [0, 0.05) is 20.3 Å². The molecule has 0 aliphatic carbocycles. The molecule has 4 heteroatoms. The lowest BCUT2D eigenvalue weighted by Gasteiger charge is -2.15. The summed E-state index contributed by atoms with van der Waals surface area (Å²) >= 11 is 0. The molecule has 0 bridgehead atoms. The Bertz CT molecular complexity index is 368. The van der Waals surface area contributed by atoms with Gasteiger partial charge >= 0.3 is 0 Å². The summed E-state index contributed by atoms with van der Waals surface area (Å²) in [7, 11) is 3.49. The summed E-state index contributed by atoms with van der Waals surface area (Å²) in [5.41, 5.74) is 0.158. The number of hydrogen-bond donors (Lipinski definition) is 0. The highest BCUT2D eigenvalue weighted by atomic mass is 19.1. The van der Waals surface area contributed by atoms with E-state index < -0.39 is 5.82 Å². The number of carbonyl (C=O) groups is 1. The van der Waals surface area contributed by atoms with Crippen LogP contribution in [0, 0.1) is 5.82 Å². The van der Waals surface area contributed by atoms with Crippen LogP contribution in [0.25, 0.3) is 0 Å². The van der Waals surface area contributed by atoms with Crippen molar-refractivity contribution < 1.29 is 13.9 Å². The molecule has 0 saturated carbocycles. The SMILES string of the molecule is COCCCN(C)CC(=O)c1ccccc1F. The largest absolute Gasteiger partial charge is 0.385 e. The number of rotatable bonds is 7. The lowest BCUT2D eigenvalue weighted by molar-refractivity contribution is 0.0934. The zero-order chi connectivity index (χ0) is 12.7. The zero-order valence-corrected chi connectivity index (χ0v) is 10.3. The van der Waals surface area contributed by atoms with Crippen LogP contribution < -0.4 is 0 Å². The summed E-state index contributed by atoms with van der Waals surface area (Å²) in [6.45, 7) is 1.65. The van der Waals surface area contributed by atoms with Crippen molar-refractivity contribution in [3.8, 4) is 0 Å². The van der Waals surface area contributed by atoms with Gasteiger partial charge in [0.2, 0.25) is 0 Å². The third-order valence-electron chi connectivity index (χ3n) is 2.48. The van der Waals surface area contributed by atoms with Gasteiger partial charge in [-0.05, 0) is 25.6 Å². The zero-order valence-electron chi connectivity index (χ0n) is 10.3. The standard InChI is InChI=1S/C13H18FNO2/c1-15(8-5-9-17-2)10-13(16)11-6-3-4-7-12(11)14/h3-4,6-7H,5,8-10H2,1-2H3. The second kappa shape index (κ2) is 7.14. The van der Waals surface area contributed by atoms with Crippen molar-refractivity contribution in [1.29, 1.82) is 0 Å². The quantitative estimate of drug-likeness (QED) is 0.538. The van der Waals surface area contributed by atoms with Gasteiger partial charge in [-0.3, -0.25) is 9.69 Å². The van der Waals surface area contributed by atoms with Crippen LogP contribution in [0.1, 0.15) is 16.8 Å². The molecule has 94 valence electrons. The molecule has 0 amide bonds. The smallest absolute Gasteiger partial charge is 0.179 e. The Hall–Kier alpha value is -1.26. The van der Waals surface area contributed by atoms with E-state index in [1.807, 2.05) is 11.9 Å². The van der Waals surface area contributed by atoms with Crippen LogP contribution in [0.3, 0.4) is 0 Å². The maximum atomic E-state index is 13.3. The van der Waals surface area contributed by atoms with E-state index >= 15 is 0 Å².